The molecule has 0 saturated heterocycles. The molecule has 3 N–H and O–H groups in total. The minimum Gasteiger partial charge on any atom is -0.478 e. The number of hydrogen-bond acceptors (Lipinski definition) is 7. The number of rotatable bonds is 6. The van der Waals surface area contributed by atoms with Gasteiger partial charge in [0.2, 0.25) is 0 Å². The molecule has 0 amide bonds. The topological polar surface area (TPSA) is 157 Å². The first-order valence-electron chi connectivity index (χ1n) is 8.38. The van der Waals surface area contributed by atoms with Crippen LogP contribution in [0.15, 0.2) is 48.5 Å². The molecule has 2 aromatic rings. The van der Waals surface area contributed by atoms with Crippen LogP contribution < -0.4 is 0 Å². The minimum atomic E-state index is -1.23. The van der Waals surface area contributed by atoms with Crippen LogP contribution in [-0.2, 0) is 14.8 Å². The zero-order chi connectivity index (χ0) is 22.9. The largest absolute Gasteiger partial charge is 0.478 e. The molecule has 0 aliphatic carbocycles. The normalized spacial score (nSPS) is 10.4. The Bertz CT molecular complexity index is 894. The van der Waals surface area contributed by atoms with E-state index in [9.17, 15) is 19.2 Å². The third-order valence-corrected chi connectivity index (χ3v) is 3.16. The smallest absolute Gasteiger partial charge is 0.377 e. The van der Waals surface area contributed by atoms with Crippen LogP contribution >= 0.6 is 0 Å². The van der Waals surface area contributed by atoms with Crippen LogP contribution in [0, 0.1) is 0 Å². The Labute approximate surface area is 171 Å². The van der Waals surface area contributed by atoms with Gasteiger partial charge in [-0.2, -0.15) is 4.89 Å². The van der Waals surface area contributed by atoms with Gasteiger partial charge in [0.05, 0.1) is 27.9 Å². The Hall–Kier alpha value is -3.76. The number of carbonyl (C=O) groups excluding carboxylic acids is 1. The van der Waals surface area contributed by atoms with Gasteiger partial charge in [-0.15, -0.1) is 0 Å². The van der Waals surface area contributed by atoms with Crippen molar-refractivity contribution in [1.29, 1.82) is 0 Å². The summed E-state index contributed by atoms with van der Waals surface area (Å²) in [5.74, 6) is -4.61. The third-order valence-electron chi connectivity index (χ3n) is 3.16. The van der Waals surface area contributed by atoms with Crippen molar-refractivity contribution in [2.24, 2.45) is 0 Å². The second-order valence-corrected chi connectivity index (χ2v) is 6.64. The lowest BCUT2D eigenvalue weighted by atomic mass is 10.1. The molecular formula is C20H20O10. The Kier molecular flexibility index (Phi) is 8.65. The van der Waals surface area contributed by atoms with Crippen molar-refractivity contribution in [3.05, 3.63) is 70.8 Å². The van der Waals surface area contributed by atoms with E-state index < -0.39 is 29.5 Å². The molecule has 0 heterocycles. The van der Waals surface area contributed by atoms with E-state index in [1.54, 1.807) is 20.8 Å². The number of carbonyl (C=O) groups is 4. The average Bonchev–Trinajstić information content (AvgIpc) is 2.67. The Balaban J connectivity index is 0.000000325. The van der Waals surface area contributed by atoms with E-state index in [1.165, 1.54) is 48.5 Å². The molecule has 0 atom stereocenters. The molecule has 0 radical (unpaired) electrons. The van der Waals surface area contributed by atoms with Crippen LogP contribution in [0.1, 0.15) is 62.2 Å². The zero-order valence-corrected chi connectivity index (χ0v) is 16.3. The van der Waals surface area contributed by atoms with Crippen molar-refractivity contribution in [3.63, 3.8) is 0 Å². The molecule has 0 aliphatic heterocycles. The maximum Gasteiger partial charge on any atom is 0.377 e. The maximum atomic E-state index is 11.6. The van der Waals surface area contributed by atoms with Gasteiger partial charge in [-0.3, -0.25) is 4.89 Å². The van der Waals surface area contributed by atoms with Crippen LogP contribution in [0.5, 0.6) is 0 Å². The quantitative estimate of drug-likeness (QED) is 0.468. The number of hydrogen-bond donors (Lipinski definition) is 3. The Morgan fingerprint density at radius 1 is 0.667 bits per heavy atom. The first-order chi connectivity index (χ1) is 13.9. The molecule has 0 fully saturated rings. The van der Waals surface area contributed by atoms with Crippen molar-refractivity contribution in [1.82, 2.24) is 0 Å². The number of carboxylic acid groups (broad SMARTS) is 3. The van der Waals surface area contributed by atoms with E-state index >= 15 is 0 Å². The van der Waals surface area contributed by atoms with Gasteiger partial charge in [0.25, 0.3) is 0 Å². The van der Waals surface area contributed by atoms with E-state index in [2.05, 4.69) is 9.93 Å². The van der Waals surface area contributed by atoms with Gasteiger partial charge >= 0.3 is 23.9 Å². The van der Waals surface area contributed by atoms with Gasteiger partial charge in [0.15, 0.2) is 0 Å². The summed E-state index contributed by atoms with van der Waals surface area (Å²) in [4.78, 5) is 52.5. The van der Waals surface area contributed by atoms with Crippen LogP contribution in [0.2, 0.25) is 0 Å². The van der Waals surface area contributed by atoms with Gasteiger partial charge in [0.1, 0.15) is 0 Å². The highest BCUT2D eigenvalue weighted by Crippen LogP contribution is 2.12. The molecule has 10 heteroatoms. The SMILES string of the molecule is CC(C)(C)OOOC(=O)c1ccccc1C(=O)O.O=C(O)c1ccccc1C(=O)O. The second-order valence-electron chi connectivity index (χ2n) is 6.64. The molecule has 160 valence electrons. The first-order valence-corrected chi connectivity index (χ1v) is 8.38. The molecule has 2 rings (SSSR count). The Morgan fingerprint density at radius 3 is 1.33 bits per heavy atom. The van der Waals surface area contributed by atoms with Crippen molar-refractivity contribution >= 4 is 23.9 Å². The summed E-state index contributed by atoms with van der Waals surface area (Å²) in [6.45, 7) is 5.10. The first kappa shape index (κ1) is 24.3. The predicted molar refractivity (Wildman–Crippen MR) is 101 cm³/mol. The molecule has 0 spiro atoms. The molecule has 0 saturated carbocycles. The lowest BCUT2D eigenvalue weighted by Crippen LogP contribution is -2.21. The summed E-state index contributed by atoms with van der Waals surface area (Å²) in [5, 5.41) is 30.3. The standard InChI is InChI=1S/C12H14O6.C8H6O4/c1-12(2,3)17-18-16-11(15)9-7-5-4-6-8(9)10(13)14;9-7(10)5-3-1-2-4-6(5)8(11)12/h4-7H,1-3H3,(H,13,14);1-4H,(H,9,10)(H,11,12). The highest BCUT2D eigenvalue weighted by molar-refractivity contribution is 6.02. The zero-order valence-electron chi connectivity index (χ0n) is 16.3. The molecule has 0 bridgehead atoms. The van der Waals surface area contributed by atoms with Crippen LogP contribution in [0.4, 0.5) is 0 Å². The van der Waals surface area contributed by atoms with E-state index in [1.807, 2.05) is 0 Å². The van der Waals surface area contributed by atoms with Gasteiger partial charge in [-0.25, -0.2) is 19.2 Å². The van der Waals surface area contributed by atoms with Crippen LogP contribution in [0.25, 0.3) is 0 Å². The summed E-state index contributed by atoms with van der Waals surface area (Å²) in [7, 11) is 0. The molecular weight excluding hydrogens is 400 g/mol. The summed E-state index contributed by atoms with van der Waals surface area (Å²) in [6, 6.07) is 11.1. The summed E-state index contributed by atoms with van der Waals surface area (Å²) < 4.78 is 0. The lowest BCUT2D eigenvalue weighted by molar-refractivity contribution is -0.510. The van der Waals surface area contributed by atoms with Gasteiger partial charge < -0.3 is 15.3 Å². The average molecular weight is 420 g/mol. The fourth-order valence-electron chi connectivity index (χ4n) is 1.90. The van der Waals surface area contributed by atoms with Crippen molar-refractivity contribution in [3.8, 4) is 0 Å². The van der Waals surface area contributed by atoms with E-state index in [0.29, 0.717) is 0 Å². The van der Waals surface area contributed by atoms with Crippen LogP contribution in [0.3, 0.4) is 0 Å². The number of carboxylic acids is 3. The number of benzene rings is 2. The molecule has 0 unspecified atom stereocenters. The predicted octanol–water partition coefficient (Wildman–Crippen LogP) is 3.29. The fraction of sp³-hybridized carbons (Fsp3) is 0.200. The van der Waals surface area contributed by atoms with Crippen molar-refractivity contribution in [2.75, 3.05) is 0 Å². The Morgan fingerprint density at radius 2 is 1.00 bits per heavy atom. The molecule has 10 nitrogen and oxygen atoms in total. The highest BCUT2D eigenvalue weighted by atomic mass is 17.5. The minimum absolute atomic E-state index is 0.109. The number of aromatic carboxylic acids is 3. The summed E-state index contributed by atoms with van der Waals surface area (Å²) in [5.41, 5.74) is -1.30. The monoisotopic (exact) mass is 420 g/mol. The second kappa shape index (κ2) is 10.7. The van der Waals surface area contributed by atoms with E-state index in [0.717, 1.165) is 0 Å². The fourth-order valence-corrected chi connectivity index (χ4v) is 1.90. The van der Waals surface area contributed by atoms with Gasteiger partial charge in [0, 0.05) is 0 Å². The molecule has 30 heavy (non-hydrogen) atoms. The lowest BCUT2D eigenvalue weighted by Gasteiger charge is -2.15. The molecule has 0 aliphatic rings. The van der Waals surface area contributed by atoms with E-state index in [4.69, 9.17) is 20.2 Å². The highest BCUT2D eigenvalue weighted by Gasteiger charge is 2.20. The third kappa shape index (κ3) is 7.70. The summed E-state index contributed by atoms with van der Waals surface area (Å²) >= 11 is 0. The van der Waals surface area contributed by atoms with Crippen LogP contribution in [-0.4, -0.2) is 44.8 Å². The van der Waals surface area contributed by atoms with Gasteiger partial charge in [-0.1, -0.05) is 24.3 Å². The van der Waals surface area contributed by atoms with Crippen molar-refractivity contribution in [2.45, 2.75) is 26.4 Å². The van der Waals surface area contributed by atoms with E-state index in [-0.39, 0.29) is 22.3 Å². The molecule has 0 aromatic heterocycles. The summed E-state index contributed by atoms with van der Waals surface area (Å²) in [6.07, 6.45) is 0. The van der Waals surface area contributed by atoms with Crippen molar-refractivity contribution < 1.29 is 49.3 Å². The molecule has 2 aromatic carbocycles. The maximum absolute atomic E-state index is 11.6. The van der Waals surface area contributed by atoms with Gasteiger partial charge in [-0.05, 0) is 50.1 Å².